The van der Waals surface area contributed by atoms with Crippen LogP contribution in [0.25, 0.3) is 6.08 Å². The molecule has 1 N–H and O–H groups in total. The molecule has 1 saturated carbocycles. The van der Waals surface area contributed by atoms with Crippen molar-refractivity contribution in [3.8, 4) is 0 Å². The number of hydrogen-bond donors (Lipinski definition) is 1. The average molecular weight is 350 g/mol. The molecule has 24 heavy (non-hydrogen) atoms. The van der Waals surface area contributed by atoms with E-state index in [0.717, 1.165) is 24.8 Å². The quantitative estimate of drug-likeness (QED) is 0.646. The second-order valence-electron chi connectivity index (χ2n) is 6.31. The van der Waals surface area contributed by atoms with Crippen molar-refractivity contribution in [2.45, 2.75) is 51.7 Å². The van der Waals surface area contributed by atoms with Crippen molar-refractivity contribution in [3.63, 3.8) is 0 Å². The van der Waals surface area contributed by atoms with Crippen molar-refractivity contribution in [1.82, 2.24) is 5.32 Å². The predicted molar refractivity (Wildman–Crippen MR) is 95.6 cm³/mol. The third kappa shape index (κ3) is 5.38. The molecule has 1 amide bonds. The van der Waals surface area contributed by atoms with Crippen molar-refractivity contribution in [3.05, 3.63) is 40.9 Å². The largest absolute Gasteiger partial charge is 0.449 e. The molecule has 4 nitrogen and oxygen atoms in total. The molecule has 0 aromatic heterocycles. The van der Waals surface area contributed by atoms with E-state index in [-0.39, 0.29) is 11.9 Å². The molecule has 0 heterocycles. The summed E-state index contributed by atoms with van der Waals surface area (Å²) in [5.41, 5.74) is 0.726. The minimum Gasteiger partial charge on any atom is -0.449 e. The lowest BCUT2D eigenvalue weighted by Crippen LogP contribution is -2.45. The number of halogens is 1. The molecule has 1 aliphatic carbocycles. The fourth-order valence-electron chi connectivity index (χ4n) is 2.87. The minimum absolute atomic E-state index is 0.172. The highest BCUT2D eigenvalue weighted by atomic mass is 35.5. The van der Waals surface area contributed by atoms with E-state index in [9.17, 15) is 9.59 Å². The molecule has 1 aromatic carbocycles. The van der Waals surface area contributed by atoms with Crippen molar-refractivity contribution in [2.24, 2.45) is 5.92 Å². The number of carbonyl (C=O) groups is 2. The van der Waals surface area contributed by atoms with Crippen LogP contribution < -0.4 is 5.32 Å². The second kappa shape index (κ2) is 8.88. The van der Waals surface area contributed by atoms with Crippen LogP contribution in [0.5, 0.6) is 0 Å². The van der Waals surface area contributed by atoms with Crippen molar-refractivity contribution in [1.29, 1.82) is 0 Å². The molecule has 0 saturated heterocycles. The SMILES string of the molecule is CC(OC(=O)/C=C/c1ccccc1Cl)C(=O)NC1CCCCC1C. The lowest BCUT2D eigenvalue weighted by molar-refractivity contribution is -0.150. The zero-order valence-corrected chi connectivity index (χ0v) is 14.9. The van der Waals surface area contributed by atoms with Crippen molar-refractivity contribution in [2.75, 3.05) is 0 Å². The van der Waals surface area contributed by atoms with E-state index < -0.39 is 12.1 Å². The van der Waals surface area contributed by atoms with E-state index >= 15 is 0 Å². The maximum Gasteiger partial charge on any atom is 0.331 e. The number of rotatable bonds is 5. The second-order valence-corrected chi connectivity index (χ2v) is 6.72. The summed E-state index contributed by atoms with van der Waals surface area (Å²) in [6.07, 6.45) is 6.50. The standard InChI is InChI=1S/C19H24ClNO3/c1-13-7-3-6-10-17(13)21-19(23)14(2)24-18(22)12-11-15-8-4-5-9-16(15)20/h4-5,8-9,11-14,17H,3,6-7,10H2,1-2H3,(H,21,23)/b12-11+. The summed E-state index contributed by atoms with van der Waals surface area (Å²) in [5, 5.41) is 3.55. The van der Waals surface area contributed by atoms with Gasteiger partial charge in [0.05, 0.1) is 0 Å². The van der Waals surface area contributed by atoms with Gasteiger partial charge in [-0.25, -0.2) is 4.79 Å². The molecule has 0 aliphatic heterocycles. The first kappa shape index (κ1) is 18.5. The zero-order chi connectivity index (χ0) is 17.5. The van der Waals surface area contributed by atoms with Crippen LogP contribution >= 0.6 is 11.6 Å². The minimum atomic E-state index is -0.817. The smallest absolute Gasteiger partial charge is 0.331 e. The van der Waals surface area contributed by atoms with Gasteiger partial charge in [-0.05, 0) is 43.4 Å². The number of ether oxygens (including phenoxy) is 1. The molecule has 0 radical (unpaired) electrons. The third-order valence-corrected chi connectivity index (χ3v) is 4.75. The number of carbonyl (C=O) groups excluding carboxylic acids is 2. The van der Waals surface area contributed by atoms with E-state index in [4.69, 9.17) is 16.3 Å². The predicted octanol–water partition coefficient (Wildman–Crippen LogP) is 3.98. The Morgan fingerprint density at radius 1 is 1.29 bits per heavy atom. The van der Waals surface area contributed by atoms with Gasteiger partial charge in [-0.1, -0.05) is 49.6 Å². The molecule has 0 spiro atoms. The van der Waals surface area contributed by atoms with Gasteiger partial charge in [0.25, 0.3) is 5.91 Å². The van der Waals surface area contributed by atoms with Gasteiger partial charge < -0.3 is 10.1 Å². The summed E-state index contributed by atoms with van der Waals surface area (Å²) in [6.45, 7) is 3.73. The Balaban J connectivity index is 1.84. The van der Waals surface area contributed by atoms with Crippen LogP contribution in [-0.2, 0) is 14.3 Å². The van der Waals surface area contributed by atoms with Crippen molar-refractivity contribution < 1.29 is 14.3 Å². The lowest BCUT2D eigenvalue weighted by Gasteiger charge is -2.30. The maximum absolute atomic E-state index is 12.2. The van der Waals surface area contributed by atoms with Crippen molar-refractivity contribution >= 4 is 29.6 Å². The molecule has 1 aromatic rings. The van der Waals surface area contributed by atoms with Crippen LogP contribution in [0.1, 0.15) is 45.1 Å². The highest BCUT2D eigenvalue weighted by Crippen LogP contribution is 2.23. The van der Waals surface area contributed by atoms with E-state index in [2.05, 4.69) is 12.2 Å². The summed E-state index contributed by atoms with van der Waals surface area (Å²) in [4.78, 5) is 24.1. The van der Waals surface area contributed by atoms with Gasteiger partial charge in [-0.2, -0.15) is 0 Å². The average Bonchev–Trinajstić information content (AvgIpc) is 2.56. The first-order valence-electron chi connectivity index (χ1n) is 8.41. The summed E-state index contributed by atoms with van der Waals surface area (Å²) >= 11 is 6.02. The Labute approximate surface area is 148 Å². The van der Waals surface area contributed by atoms with Gasteiger partial charge >= 0.3 is 5.97 Å². The molecule has 5 heteroatoms. The van der Waals surface area contributed by atoms with E-state index in [0.29, 0.717) is 10.9 Å². The monoisotopic (exact) mass is 349 g/mol. The van der Waals surface area contributed by atoms with Crippen LogP contribution in [-0.4, -0.2) is 24.0 Å². The molecule has 3 unspecified atom stereocenters. The Hall–Kier alpha value is -1.81. The van der Waals surface area contributed by atoms with E-state index in [1.54, 1.807) is 25.1 Å². The Morgan fingerprint density at radius 3 is 2.71 bits per heavy atom. The van der Waals surface area contributed by atoms with E-state index in [1.165, 1.54) is 12.5 Å². The summed E-state index contributed by atoms with van der Waals surface area (Å²) < 4.78 is 5.17. The first-order valence-corrected chi connectivity index (χ1v) is 8.78. The van der Waals surface area contributed by atoms with Crippen LogP contribution in [0.2, 0.25) is 5.02 Å². The molecule has 1 aliphatic rings. The third-order valence-electron chi connectivity index (χ3n) is 4.41. The number of esters is 1. The highest BCUT2D eigenvalue weighted by molar-refractivity contribution is 6.32. The number of nitrogens with one attached hydrogen (secondary N) is 1. The van der Waals surface area contributed by atoms with Gasteiger partial charge in [0.15, 0.2) is 6.10 Å². The van der Waals surface area contributed by atoms with Crippen LogP contribution in [0.3, 0.4) is 0 Å². The van der Waals surface area contributed by atoms with Crippen LogP contribution in [0.15, 0.2) is 30.3 Å². The molecule has 130 valence electrons. The summed E-state index contributed by atoms with van der Waals surface area (Å²) in [5.74, 6) is -0.340. The molecule has 0 bridgehead atoms. The van der Waals surface area contributed by atoms with Gasteiger partial charge in [0.1, 0.15) is 0 Å². The number of amides is 1. The first-order chi connectivity index (χ1) is 11.5. The molecule has 3 atom stereocenters. The molecular formula is C19H24ClNO3. The maximum atomic E-state index is 12.2. The number of benzene rings is 1. The number of hydrogen-bond acceptors (Lipinski definition) is 3. The highest BCUT2D eigenvalue weighted by Gasteiger charge is 2.25. The summed E-state index contributed by atoms with van der Waals surface area (Å²) in [6, 6.07) is 7.36. The summed E-state index contributed by atoms with van der Waals surface area (Å²) in [7, 11) is 0. The Kier molecular flexibility index (Phi) is 6.85. The van der Waals surface area contributed by atoms with Gasteiger partial charge in [0.2, 0.25) is 0 Å². The molecular weight excluding hydrogens is 326 g/mol. The molecule has 1 fully saturated rings. The normalized spacial score (nSPS) is 22.1. The lowest BCUT2D eigenvalue weighted by atomic mass is 9.86. The van der Waals surface area contributed by atoms with Gasteiger partial charge in [-0.15, -0.1) is 0 Å². The van der Waals surface area contributed by atoms with E-state index in [1.807, 2.05) is 12.1 Å². The Morgan fingerprint density at radius 2 is 2.00 bits per heavy atom. The molecule has 2 rings (SSSR count). The fraction of sp³-hybridized carbons (Fsp3) is 0.474. The zero-order valence-electron chi connectivity index (χ0n) is 14.1. The van der Waals surface area contributed by atoms with Crippen LogP contribution in [0, 0.1) is 5.92 Å². The van der Waals surface area contributed by atoms with Gasteiger partial charge in [0, 0.05) is 17.1 Å². The Bertz CT molecular complexity index is 614. The topological polar surface area (TPSA) is 55.4 Å². The fourth-order valence-corrected chi connectivity index (χ4v) is 3.06. The van der Waals surface area contributed by atoms with Crippen LogP contribution in [0.4, 0.5) is 0 Å². The van der Waals surface area contributed by atoms with Gasteiger partial charge in [-0.3, -0.25) is 4.79 Å².